The van der Waals surface area contributed by atoms with Crippen LogP contribution in [0.5, 0.6) is 11.5 Å². The lowest BCUT2D eigenvalue weighted by Crippen LogP contribution is -2.53. The Balaban J connectivity index is 1.85. The molecule has 1 atom stereocenters. The summed E-state index contributed by atoms with van der Waals surface area (Å²) in [5, 5.41) is 2.69. The molecule has 0 radical (unpaired) electrons. The van der Waals surface area contributed by atoms with E-state index < -0.39 is 28.5 Å². The van der Waals surface area contributed by atoms with Gasteiger partial charge in [0, 0.05) is 26.1 Å². The number of sulfonamides is 1. The summed E-state index contributed by atoms with van der Waals surface area (Å²) < 4.78 is 40.6. The molecule has 2 amide bonds. The molecule has 4 aromatic carbocycles. The third-order valence-corrected chi connectivity index (χ3v) is 9.31. The predicted molar refractivity (Wildman–Crippen MR) is 175 cm³/mol. The predicted octanol–water partition coefficient (Wildman–Crippen LogP) is 4.90. The van der Waals surface area contributed by atoms with Crippen molar-refractivity contribution in [2.24, 2.45) is 0 Å². The Kier molecular flexibility index (Phi) is 10.9. The van der Waals surface area contributed by atoms with E-state index in [-0.39, 0.29) is 35.2 Å². The van der Waals surface area contributed by atoms with Crippen molar-refractivity contribution in [2.75, 3.05) is 32.1 Å². The maximum Gasteiger partial charge on any atom is 0.264 e. The number of hydrogen-bond donors (Lipinski definition) is 1. The van der Waals surface area contributed by atoms with Gasteiger partial charge in [0.1, 0.15) is 24.1 Å². The van der Waals surface area contributed by atoms with Gasteiger partial charge in [-0.2, -0.15) is 0 Å². The number of methoxy groups -OCH3 is 2. The van der Waals surface area contributed by atoms with E-state index in [1.54, 1.807) is 24.3 Å². The Labute approximate surface area is 265 Å². The fraction of sp³-hybridized carbons (Fsp3) is 0.257. The van der Waals surface area contributed by atoms with E-state index in [9.17, 15) is 18.0 Å². The molecule has 0 spiro atoms. The number of carbonyl (C=O) groups excluding carboxylic acids is 2. The molecule has 0 saturated heterocycles. The lowest BCUT2D eigenvalue weighted by atomic mass is 10.0. The van der Waals surface area contributed by atoms with Crippen molar-refractivity contribution in [1.29, 1.82) is 0 Å². The van der Waals surface area contributed by atoms with Crippen LogP contribution >= 0.6 is 0 Å². The van der Waals surface area contributed by atoms with Crippen LogP contribution in [-0.4, -0.2) is 59.0 Å². The second-order valence-electron chi connectivity index (χ2n) is 10.7. The molecule has 0 aliphatic heterocycles. The molecule has 0 aliphatic rings. The minimum atomic E-state index is -4.30. The van der Waals surface area contributed by atoms with Crippen LogP contribution in [-0.2, 0) is 32.6 Å². The molecule has 9 nitrogen and oxygen atoms in total. The van der Waals surface area contributed by atoms with Gasteiger partial charge in [0.15, 0.2) is 0 Å². The molecular weight excluding hydrogens is 590 g/mol. The minimum Gasteiger partial charge on any atom is -0.497 e. The third-order valence-electron chi connectivity index (χ3n) is 7.53. The van der Waals surface area contributed by atoms with Crippen LogP contribution < -0.4 is 19.1 Å². The second kappa shape index (κ2) is 14.8. The van der Waals surface area contributed by atoms with Crippen molar-refractivity contribution >= 4 is 27.5 Å². The molecule has 0 aliphatic carbocycles. The van der Waals surface area contributed by atoms with Gasteiger partial charge in [-0.05, 0) is 49.2 Å². The highest BCUT2D eigenvalue weighted by Gasteiger charge is 2.35. The SMILES string of the molecule is CNC(=O)C(Cc1ccccc1)N(Cc1ccc(C)cc1)C(=O)CN(c1cc(OC)ccc1OC)S(=O)(=O)c1ccc(C)cc1. The number of likely N-dealkylation sites (N-methyl/N-ethyl adjacent to an activating group) is 1. The molecule has 0 heterocycles. The van der Waals surface area contributed by atoms with Crippen molar-refractivity contribution in [1.82, 2.24) is 10.2 Å². The smallest absolute Gasteiger partial charge is 0.264 e. The average molecular weight is 630 g/mol. The fourth-order valence-electron chi connectivity index (χ4n) is 4.95. The van der Waals surface area contributed by atoms with E-state index in [2.05, 4.69) is 5.32 Å². The third kappa shape index (κ3) is 8.02. The van der Waals surface area contributed by atoms with E-state index in [1.807, 2.05) is 68.4 Å². The van der Waals surface area contributed by atoms with Crippen LogP contribution in [0, 0.1) is 13.8 Å². The zero-order chi connectivity index (χ0) is 32.6. The number of anilines is 1. The minimum absolute atomic E-state index is 0.00277. The topological polar surface area (TPSA) is 105 Å². The summed E-state index contributed by atoms with van der Waals surface area (Å²) >= 11 is 0. The lowest BCUT2D eigenvalue weighted by molar-refractivity contribution is -0.139. The van der Waals surface area contributed by atoms with Crippen molar-refractivity contribution in [3.05, 3.63) is 119 Å². The van der Waals surface area contributed by atoms with Crippen molar-refractivity contribution in [2.45, 2.75) is 37.8 Å². The Morgan fingerprint density at radius 1 is 0.800 bits per heavy atom. The number of hydrogen-bond acceptors (Lipinski definition) is 6. The number of amides is 2. The summed E-state index contributed by atoms with van der Waals surface area (Å²) in [6.45, 7) is 3.30. The molecule has 10 heteroatoms. The fourth-order valence-corrected chi connectivity index (χ4v) is 6.37. The molecule has 0 saturated carbocycles. The van der Waals surface area contributed by atoms with Gasteiger partial charge in [-0.25, -0.2) is 8.42 Å². The Morgan fingerprint density at radius 2 is 1.42 bits per heavy atom. The summed E-state index contributed by atoms with van der Waals surface area (Å²) in [7, 11) is 0.116. The molecule has 1 N–H and O–H groups in total. The molecule has 4 aromatic rings. The number of nitrogens with zero attached hydrogens (tertiary/aromatic N) is 2. The van der Waals surface area contributed by atoms with Gasteiger partial charge in [-0.15, -0.1) is 0 Å². The number of ether oxygens (including phenoxy) is 2. The van der Waals surface area contributed by atoms with Gasteiger partial charge in [0.2, 0.25) is 11.8 Å². The van der Waals surface area contributed by atoms with Crippen molar-refractivity contribution < 1.29 is 27.5 Å². The van der Waals surface area contributed by atoms with E-state index in [1.165, 1.54) is 44.4 Å². The van der Waals surface area contributed by atoms with Crippen LogP contribution in [0.4, 0.5) is 5.69 Å². The van der Waals surface area contributed by atoms with Gasteiger partial charge in [0.25, 0.3) is 10.0 Å². The first-order valence-electron chi connectivity index (χ1n) is 14.5. The van der Waals surface area contributed by atoms with Crippen LogP contribution in [0.2, 0.25) is 0 Å². The van der Waals surface area contributed by atoms with Gasteiger partial charge >= 0.3 is 0 Å². The lowest BCUT2D eigenvalue weighted by Gasteiger charge is -2.34. The standard InChI is InChI=1S/C35H39N3O6S/c1-25-11-15-28(16-12-25)23-37(32(35(40)36-3)21-27-9-7-6-8-10-27)34(39)24-38(31-22-29(43-4)17-20-33(31)44-5)45(41,42)30-18-13-26(2)14-19-30/h6-20,22,32H,21,23-24H2,1-5H3,(H,36,40). The van der Waals surface area contributed by atoms with Gasteiger partial charge < -0.3 is 19.7 Å². The maximum absolute atomic E-state index is 14.5. The summed E-state index contributed by atoms with van der Waals surface area (Å²) in [4.78, 5) is 29.4. The van der Waals surface area contributed by atoms with Crippen molar-refractivity contribution in [3.8, 4) is 11.5 Å². The van der Waals surface area contributed by atoms with E-state index >= 15 is 0 Å². The van der Waals surface area contributed by atoms with Crippen LogP contribution in [0.1, 0.15) is 22.3 Å². The average Bonchev–Trinajstić information content (AvgIpc) is 3.05. The van der Waals surface area contributed by atoms with Crippen LogP contribution in [0.3, 0.4) is 0 Å². The molecule has 0 bridgehead atoms. The highest BCUT2D eigenvalue weighted by atomic mass is 32.2. The Bertz CT molecular complexity index is 1710. The van der Waals surface area contributed by atoms with Crippen LogP contribution in [0.15, 0.2) is 102 Å². The number of carbonyl (C=O) groups is 2. The first-order chi connectivity index (χ1) is 21.6. The zero-order valence-corrected chi connectivity index (χ0v) is 27.0. The van der Waals surface area contributed by atoms with Crippen molar-refractivity contribution in [3.63, 3.8) is 0 Å². The number of rotatable bonds is 13. The van der Waals surface area contributed by atoms with E-state index in [4.69, 9.17) is 9.47 Å². The molecule has 4 rings (SSSR count). The highest BCUT2D eigenvalue weighted by molar-refractivity contribution is 7.92. The highest BCUT2D eigenvalue weighted by Crippen LogP contribution is 2.36. The summed E-state index contributed by atoms with van der Waals surface area (Å²) in [6.07, 6.45) is 0.227. The van der Waals surface area contributed by atoms with Gasteiger partial charge in [-0.3, -0.25) is 13.9 Å². The quantitative estimate of drug-likeness (QED) is 0.226. The summed E-state index contributed by atoms with van der Waals surface area (Å²) in [5.41, 5.74) is 3.70. The first-order valence-corrected chi connectivity index (χ1v) is 15.9. The largest absolute Gasteiger partial charge is 0.497 e. The molecular formula is C35H39N3O6S. The number of benzene rings is 4. The number of aryl methyl sites for hydroxylation is 2. The van der Waals surface area contributed by atoms with E-state index in [0.29, 0.717) is 5.75 Å². The molecule has 45 heavy (non-hydrogen) atoms. The molecule has 236 valence electrons. The molecule has 1 unspecified atom stereocenters. The molecule has 0 fully saturated rings. The maximum atomic E-state index is 14.5. The van der Waals surface area contributed by atoms with Gasteiger partial charge in [-0.1, -0.05) is 77.9 Å². The summed E-state index contributed by atoms with van der Waals surface area (Å²) in [6, 6.07) is 27.3. The van der Waals surface area contributed by atoms with Crippen LogP contribution in [0.25, 0.3) is 0 Å². The van der Waals surface area contributed by atoms with E-state index in [0.717, 1.165) is 26.6 Å². The second-order valence-corrected chi connectivity index (χ2v) is 12.6. The number of nitrogens with one attached hydrogen (secondary N) is 1. The monoisotopic (exact) mass is 629 g/mol. The Hall–Kier alpha value is -4.83. The normalized spacial score (nSPS) is 11.8. The first kappa shape index (κ1) is 33.1. The molecule has 0 aromatic heterocycles. The zero-order valence-electron chi connectivity index (χ0n) is 26.2. The van der Waals surface area contributed by atoms with Gasteiger partial charge in [0.05, 0.1) is 24.8 Å². The Morgan fingerprint density at radius 3 is 2.00 bits per heavy atom. The summed E-state index contributed by atoms with van der Waals surface area (Å²) in [5.74, 6) is -0.324.